The van der Waals surface area contributed by atoms with Crippen LogP contribution >= 0.6 is 0 Å². The van der Waals surface area contributed by atoms with E-state index < -0.39 is 0 Å². The van der Waals surface area contributed by atoms with Crippen LogP contribution in [0, 0.1) is 11.7 Å². The monoisotopic (exact) mass is 232 g/mol. The van der Waals surface area contributed by atoms with Gasteiger partial charge in [0, 0.05) is 5.56 Å². The minimum atomic E-state index is -0.273. The van der Waals surface area contributed by atoms with Gasteiger partial charge >= 0.3 is 0 Å². The van der Waals surface area contributed by atoms with Gasteiger partial charge in [-0.2, -0.15) is 0 Å². The maximum absolute atomic E-state index is 13.1. The third kappa shape index (κ3) is 2.22. The highest BCUT2D eigenvalue weighted by Gasteiger charge is 2.19. The standard InChI is InChI=1S/C13H13FN2O/c14-11-3-1-2-10(5-11)13-16-12(8-17-13)4-9-6-15-7-9/h1-3,5,8-9,15H,4,6-7H2. The molecule has 17 heavy (non-hydrogen) atoms. The van der Waals surface area contributed by atoms with Gasteiger partial charge in [0.15, 0.2) is 0 Å². The zero-order valence-electron chi connectivity index (χ0n) is 9.32. The molecular weight excluding hydrogens is 219 g/mol. The molecule has 1 saturated heterocycles. The molecule has 1 aromatic heterocycles. The van der Waals surface area contributed by atoms with E-state index in [2.05, 4.69) is 10.3 Å². The molecule has 0 spiro atoms. The van der Waals surface area contributed by atoms with E-state index in [1.54, 1.807) is 18.4 Å². The van der Waals surface area contributed by atoms with Gasteiger partial charge in [-0.3, -0.25) is 0 Å². The molecule has 1 aromatic carbocycles. The van der Waals surface area contributed by atoms with Gasteiger partial charge in [0.1, 0.15) is 12.1 Å². The third-order valence-electron chi connectivity index (χ3n) is 2.99. The van der Waals surface area contributed by atoms with Crippen molar-refractivity contribution < 1.29 is 8.81 Å². The van der Waals surface area contributed by atoms with Crippen molar-refractivity contribution >= 4 is 0 Å². The third-order valence-corrected chi connectivity index (χ3v) is 2.99. The molecule has 0 unspecified atom stereocenters. The van der Waals surface area contributed by atoms with E-state index in [0.717, 1.165) is 25.2 Å². The molecule has 2 aromatic rings. The number of aromatic nitrogens is 1. The first-order valence-corrected chi connectivity index (χ1v) is 5.72. The van der Waals surface area contributed by atoms with E-state index in [1.807, 2.05) is 0 Å². The molecule has 1 aliphatic rings. The van der Waals surface area contributed by atoms with Gasteiger partial charge in [0.2, 0.25) is 5.89 Å². The molecule has 0 amide bonds. The Morgan fingerprint density at radius 3 is 3.00 bits per heavy atom. The lowest BCUT2D eigenvalue weighted by atomic mass is 9.98. The molecular formula is C13H13FN2O. The Morgan fingerprint density at radius 2 is 2.29 bits per heavy atom. The molecule has 2 heterocycles. The largest absolute Gasteiger partial charge is 0.444 e. The Morgan fingerprint density at radius 1 is 1.41 bits per heavy atom. The van der Waals surface area contributed by atoms with Crippen molar-refractivity contribution in [2.24, 2.45) is 5.92 Å². The molecule has 0 atom stereocenters. The van der Waals surface area contributed by atoms with E-state index in [4.69, 9.17) is 4.42 Å². The smallest absolute Gasteiger partial charge is 0.226 e. The molecule has 4 heteroatoms. The summed E-state index contributed by atoms with van der Waals surface area (Å²) >= 11 is 0. The van der Waals surface area contributed by atoms with Crippen molar-refractivity contribution in [3.8, 4) is 11.5 Å². The van der Waals surface area contributed by atoms with Gasteiger partial charge in [-0.1, -0.05) is 6.07 Å². The molecule has 1 aliphatic heterocycles. The Balaban J connectivity index is 1.79. The summed E-state index contributed by atoms with van der Waals surface area (Å²) in [5.41, 5.74) is 1.62. The van der Waals surface area contributed by atoms with Crippen molar-refractivity contribution in [2.45, 2.75) is 6.42 Å². The van der Waals surface area contributed by atoms with Crippen molar-refractivity contribution in [1.82, 2.24) is 10.3 Å². The zero-order valence-corrected chi connectivity index (χ0v) is 9.32. The first kappa shape index (κ1) is 10.5. The molecule has 3 rings (SSSR count). The fourth-order valence-corrected chi connectivity index (χ4v) is 1.94. The zero-order chi connectivity index (χ0) is 11.7. The van der Waals surface area contributed by atoms with Crippen LogP contribution in [-0.2, 0) is 6.42 Å². The van der Waals surface area contributed by atoms with Gasteiger partial charge in [0.05, 0.1) is 5.69 Å². The van der Waals surface area contributed by atoms with E-state index in [0.29, 0.717) is 17.4 Å². The average molecular weight is 232 g/mol. The summed E-state index contributed by atoms with van der Waals surface area (Å²) in [4.78, 5) is 4.38. The highest BCUT2D eigenvalue weighted by molar-refractivity contribution is 5.52. The number of oxazole rings is 1. The second-order valence-corrected chi connectivity index (χ2v) is 4.38. The maximum Gasteiger partial charge on any atom is 0.226 e. The van der Waals surface area contributed by atoms with E-state index in [9.17, 15) is 4.39 Å². The number of benzene rings is 1. The van der Waals surface area contributed by atoms with Crippen LogP contribution in [0.15, 0.2) is 34.9 Å². The summed E-state index contributed by atoms with van der Waals surface area (Å²) < 4.78 is 18.4. The number of rotatable bonds is 3. The van der Waals surface area contributed by atoms with Crippen molar-refractivity contribution in [1.29, 1.82) is 0 Å². The van der Waals surface area contributed by atoms with Crippen LogP contribution < -0.4 is 5.32 Å². The first-order valence-electron chi connectivity index (χ1n) is 5.72. The normalized spacial score (nSPS) is 15.8. The molecule has 1 fully saturated rings. The van der Waals surface area contributed by atoms with E-state index in [1.165, 1.54) is 12.1 Å². The van der Waals surface area contributed by atoms with Crippen LogP contribution in [-0.4, -0.2) is 18.1 Å². The summed E-state index contributed by atoms with van der Waals surface area (Å²) in [5, 5.41) is 3.22. The number of hydrogen-bond acceptors (Lipinski definition) is 3. The predicted octanol–water partition coefficient (Wildman–Crippen LogP) is 2.24. The lowest BCUT2D eigenvalue weighted by Crippen LogP contribution is -2.43. The quantitative estimate of drug-likeness (QED) is 0.882. The van der Waals surface area contributed by atoms with Gasteiger partial charge in [0.25, 0.3) is 0 Å². The Hall–Kier alpha value is -1.68. The SMILES string of the molecule is Fc1cccc(-c2nc(CC3CNC3)co2)c1. The van der Waals surface area contributed by atoms with Gasteiger partial charge in [-0.15, -0.1) is 0 Å². The lowest BCUT2D eigenvalue weighted by Gasteiger charge is -2.25. The minimum Gasteiger partial charge on any atom is -0.444 e. The fourth-order valence-electron chi connectivity index (χ4n) is 1.94. The number of hydrogen-bond donors (Lipinski definition) is 1. The van der Waals surface area contributed by atoms with Crippen LogP contribution in [0.3, 0.4) is 0 Å². The number of halogens is 1. The van der Waals surface area contributed by atoms with Crippen LogP contribution in [0.25, 0.3) is 11.5 Å². The maximum atomic E-state index is 13.1. The predicted molar refractivity (Wildman–Crippen MR) is 62.0 cm³/mol. The summed E-state index contributed by atoms with van der Waals surface area (Å²) in [5.74, 6) is 0.873. The van der Waals surface area contributed by atoms with Gasteiger partial charge in [-0.25, -0.2) is 9.37 Å². The van der Waals surface area contributed by atoms with Crippen LogP contribution in [0.1, 0.15) is 5.69 Å². The first-order chi connectivity index (χ1) is 8.31. The van der Waals surface area contributed by atoms with Gasteiger partial charge in [-0.05, 0) is 43.6 Å². The average Bonchev–Trinajstić information content (AvgIpc) is 2.72. The van der Waals surface area contributed by atoms with Crippen LogP contribution in [0.2, 0.25) is 0 Å². The summed E-state index contributed by atoms with van der Waals surface area (Å²) in [6.45, 7) is 2.09. The van der Waals surface area contributed by atoms with Crippen molar-refractivity contribution in [3.05, 3.63) is 42.0 Å². The highest BCUT2D eigenvalue weighted by atomic mass is 19.1. The summed E-state index contributed by atoms with van der Waals surface area (Å²) in [6, 6.07) is 6.29. The molecule has 0 saturated carbocycles. The number of nitrogens with zero attached hydrogens (tertiary/aromatic N) is 1. The van der Waals surface area contributed by atoms with E-state index in [-0.39, 0.29) is 5.82 Å². The Bertz CT molecular complexity index is 520. The van der Waals surface area contributed by atoms with Crippen molar-refractivity contribution in [3.63, 3.8) is 0 Å². The molecule has 88 valence electrons. The second kappa shape index (κ2) is 4.30. The molecule has 3 nitrogen and oxygen atoms in total. The molecule has 0 aliphatic carbocycles. The fraction of sp³-hybridized carbons (Fsp3) is 0.308. The molecule has 0 radical (unpaired) electrons. The van der Waals surface area contributed by atoms with Crippen LogP contribution in [0.5, 0.6) is 0 Å². The van der Waals surface area contributed by atoms with E-state index >= 15 is 0 Å². The van der Waals surface area contributed by atoms with Crippen molar-refractivity contribution in [2.75, 3.05) is 13.1 Å². The highest BCUT2D eigenvalue weighted by Crippen LogP contribution is 2.21. The molecule has 1 N–H and O–H groups in total. The summed E-state index contributed by atoms with van der Waals surface area (Å²) in [6.07, 6.45) is 2.59. The lowest BCUT2D eigenvalue weighted by molar-refractivity contribution is 0.344. The topological polar surface area (TPSA) is 38.1 Å². The second-order valence-electron chi connectivity index (χ2n) is 4.38. The Kier molecular flexibility index (Phi) is 2.65. The Labute approximate surface area is 98.7 Å². The minimum absolute atomic E-state index is 0.273. The molecule has 0 bridgehead atoms. The number of nitrogens with one attached hydrogen (secondary N) is 1. The summed E-state index contributed by atoms with van der Waals surface area (Å²) in [7, 11) is 0. The van der Waals surface area contributed by atoms with Crippen LogP contribution in [0.4, 0.5) is 4.39 Å². The van der Waals surface area contributed by atoms with Gasteiger partial charge < -0.3 is 9.73 Å².